The van der Waals surface area contributed by atoms with Crippen molar-refractivity contribution >= 4 is 23.6 Å². The number of hydrogen-bond donors (Lipinski definition) is 1. The predicted octanol–water partition coefficient (Wildman–Crippen LogP) is 4.12. The van der Waals surface area contributed by atoms with Gasteiger partial charge in [-0.05, 0) is 56.9 Å². The molecule has 1 aliphatic heterocycles. The largest absolute Gasteiger partial charge is 0.490 e. The summed E-state index contributed by atoms with van der Waals surface area (Å²) >= 11 is 6.39. The molecule has 1 aliphatic rings. The first kappa shape index (κ1) is 22.1. The lowest BCUT2D eigenvalue weighted by Crippen LogP contribution is -2.32. The Labute approximate surface area is 171 Å². The summed E-state index contributed by atoms with van der Waals surface area (Å²) in [5, 5.41) is 12.5. The normalized spacial score (nSPS) is 17.7. The van der Waals surface area contributed by atoms with Crippen LogP contribution in [-0.4, -0.2) is 37.9 Å². The molecule has 0 unspecified atom stereocenters. The van der Waals surface area contributed by atoms with Gasteiger partial charge < -0.3 is 19.5 Å². The highest BCUT2D eigenvalue weighted by atomic mass is 35.5. The van der Waals surface area contributed by atoms with Crippen molar-refractivity contribution in [2.24, 2.45) is 0 Å². The molecule has 0 aromatic heterocycles. The van der Waals surface area contributed by atoms with Crippen molar-refractivity contribution in [2.75, 3.05) is 19.8 Å². The molecule has 1 amide bonds. The fraction of sp³-hybridized carbons (Fsp3) is 0.524. The molecule has 2 atom stereocenters. The summed E-state index contributed by atoms with van der Waals surface area (Å²) in [7, 11) is 0. The van der Waals surface area contributed by atoms with Gasteiger partial charge >= 0.3 is 0 Å². The quantitative estimate of drug-likeness (QED) is 0.493. The number of carbonyl (C=O) groups excluding carboxylic acids is 1. The minimum atomic E-state index is -0.438. The van der Waals surface area contributed by atoms with Crippen LogP contribution in [0.5, 0.6) is 11.5 Å². The third-order valence-electron chi connectivity index (χ3n) is 4.42. The van der Waals surface area contributed by atoms with Gasteiger partial charge in [-0.15, -0.1) is 0 Å². The molecule has 1 aromatic carbocycles. The summed E-state index contributed by atoms with van der Waals surface area (Å²) in [4.78, 5) is 12.3. The van der Waals surface area contributed by atoms with Crippen molar-refractivity contribution in [3.05, 3.63) is 28.3 Å². The van der Waals surface area contributed by atoms with E-state index in [1.165, 1.54) is 6.08 Å². The summed E-state index contributed by atoms with van der Waals surface area (Å²) in [5.41, 5.74) is 0.584. The minimum absolute atomic E-state index is 0.00731. The number of hydrogen-bond acceptors (Lipinski definition) is 5. The van der Waals surface area contributed by atoms with Crippen LogP contribution in [0.1, 0.15) is 45.6 Å². The maximum absolute atomic E-state index is 12.3. The van der Waals surface area contributed by atoms with Crippen molar-refractivity contribution in [1.29, 1.82) is 5.26 Å². The van der Waals surface area contributed by atoms with E-state index >= 15 is 0 Å². The summed E-state index contributed by atoms with van der Waals surface area (Å²) in [6.45, 7) is 7.38. The third-order valence-corrected chi connectivity index (χ3v) is 4.70. The molecule has 1 aromatic rings. The average molecular weight is 407 g/mol. The van der Waals surface area contributed by atoms with Crippen LogP contribution in [0.25, 0.3) is 6.08 Å². The first-order chi connectivity index (χ1) is 13.5. The molecule has 0 radical (unpaired) electrons. The van der Waals surface area contributed by atoms with Crippen LogP contribution in [0.4, 0.5) is 0 Å². The zero-order valence-electron chi connectivity index (χ0n) is 16.6. The van der Waals surface area contributed by atoms with Gasteiger partial charge in [-0.2, -0.15) is 5.26 Å². The highest BCUT2D eigenvalue weighted by Crippen LogP contribution is 2.38. The van der Waals surface area contributed by atoms with Gasteiger partial charge in [0, 0.05) is 13.2 Å². The lowest BCUT2D eigenvalue weighted by Gasteiger charge is -2.18. The molecule has 0 aliphatic carbocycles. The van der Waals surface area contributed by atoms with E-state index in [9.17, 15) is 10.1 Å². The molecule has 1 heterocycles. The van der Waals surface area contributed by atoms with Crippen molar-refractivity contribution in [1.82, 2.24) is 5.32 Å². The van der Waals surface area contributed by atoms with Gasteiger partial charge in [0.1, 0.15) is 11.6 Å². The Bertz CT molecular complexity index is 752. The van der Waals surface area contributed by atoms with E-state index in [0.29, 0.717) is 41.8 Å². The molecule has 1 fully saturated rings. The molecule has 28 heavy (non-hydrogen) atoms. The average Bonchev–Trinajstić information content (AvgIpc) is 3.20. The molecular formula is C21H27ClN2O4. The van der Waals surface area contributed by atoms with Gasteiger partial charge in [0.15, 0.2) is 11.5 Å². The van der Waals surface area contributed by atoms with Crippen molar-refractivity contribution in [2.45, 2.75) is 52.2 Å². The Balaban J connectivity index is 2.21. The highest BCUT2D eigenvalue weighted by Gasteiger charge is 2.19. The Morgan fingerprint density at radius 2 is 2.29 bits per heavy atom. The molecular weight excluding hydrogens is 380 g/mol. The Morgan fingerprint density at radius 3 is 2.89 bits per heavy atom. The summed E-state index contributed by atoms with van der Waals surface area (Å²) in [5.74, 6) is 0.516. The molecule has 6 nitrogen and oxygen atoms in total. The number of rotatable bonds is 9. The Hall–Kier alpha value is -2.23. The molecule has 1 N–H and O–H groups in total. The molecule has 152 valence electrons. The van der Waals surface area contributed by atoms with Gasteiger partial charge in [0.2, 0.25) is 0 Å². The van der Waals surface area contributed by atoms with Crippen LogP contribution < -0.4 is 14.8 Å². The monoisotopic (exact) mass is 406 g/mol. The van der Waals surface area contributed by atoms with Gasteiger partial charge in [-0.1, -0.05) is 18.5 Å². The van der Waals surface area contributed by atoms with Crippen LogP contribution in [0.2, 0.25) is 5.02 Å². The van der Waals surface area contributed by atoms with E-state index in [-0.39, 0.29) is 17.8 Å². The zero-order chi connectivity index (χ0) is 20.5. The molecule has 0 spiro atoms. The lowest BCUT2D eigenvalue weighted by atomic mass is 10.1. The molecule has 1 saturated heterocycles. The second-order valence-electron chi connectivity index (χ2n) is 6.61. The smallest absolute Gasteiger partial charge is 0.262 e. The fourth-order valence-corrected chi connectivity index (χ4v) is 3.02. The SMILES string of the molecule is CCOc1cc(/C=C(\C#N)C(=O)NC[C@@H]2CCCO2)cc(Cl)c1O[C@@H](C)CC. The first-order valence-corrected chi connectivity index (χ1v) is 10.0. The fourth-order valence-electron chi connectivity index (χ4n) is 2.76. The summed E-state index contributed by atoms with van der Waals surface area (Å²) in [6.07, 6.45) is 4.22. The van der Waals surface area contributed by atoms with E-state index in [4.69, 9.17) is 25.8 Å². The number of carbonyl (C=O) groups is 1. The van der Waals surface area contributed by atoms with Crippen LogP contribution in [0.15, 0.2) is 17.7 Å². The van der Waals surface area contributed by atoms with Crippen LogP contribution in [-0.2, 0) is 9.53 Å². The van der Waals surface area contributed by atoms with E-state index in [1.54, 1.807) is 12.1 Å². The second kappa shape index (κ2) is 10.9. The van der Waals surface area contributed by atoms with E-state index in [2.05, 4.69) is 5.32 Å². The van der Waals surface area contributed by atoms with Gasteiger partial charge in [-0.25, -0.2) is 0 Å². The number of benzene rings is 1. The Morgan fingerprint density at radius 1 is 1.50 bits per heavy atom. The molecule has 2 rings (SSSR count). The van der Waals surface area contributed by atoms with E-state index < -0.39 is 5.91 Å². The van der Waals surface area contributed by atoms with Crippen molar-refractivity contribution in [3.63, 3.8) is 0 Å². The van der Waals surface area contributed by atoms with Gasteiger partial charge in [0.05, 0.1) is 23.8 Å². The van der Waals surface area contributed by atoms with Crippen LogP contribution in [0.3, 0.4) is 0 Å². The highest BCUT2D eigenvalue weighted by molar-refractivity contribution is 6.32. The maximum Gasteiger partial charge on any atom is 0.262 e. The maximum atomic E-state index is 12.3. The molecule has 0 bridgehead atoms. The van der Waals surface area contributed by atoms with Crippen LogP contribution >= 0.6 is 11.6 Å². The molecule has 0 saturated carbocycles. The number of ether oxygens (including phenoxy) is 3. The number of amides is 1. The van der Waals surface area contributed by atoms with E-state index in [0.717, 1.165) is 19.3 Å². The topological polar surface area (TPSA) is 80.6 Å². The molecule has 7 heteroatoms. The van der Waals surface area contributed by atoms with E-state index in [1.807, 2.05) is 26.8 Å². The zero-order valence-corrected chi connectivity index (χ0v) is 17.3. The number of nitrogens with zero attached hydrogens (tertiary/aromatic N) is 1. The van der Waals surface area contributed by atoms with Crippen LogP contribution in [0, 0.1) is 11.3 Å². The van der Waals surface area contributed by atoms with Crippen molar-refractivity contribution < 1.29 is 19.0 Å². The standard InChI is InChI=1S/C21H27ClN2O4/c1-4-14(3)28-20-18(22)10-15(11-19(20)26-5-2)9-16(12-23)21(25)24-13-17-7-6-8-27-17/h9-11,14,17H,4-8,13H2,1-3H3,(H,24,25)/b16-9+/t14-,17-/m0/s1. The number of nitriles is 1. The third kappa shape index (κ3) is 6.15. The Kier molecular flexibility index (Phi) is 8.62. The minimum Gasteiger partial charge on any atom is -0.490 e. The number of halogens is 1. The number of nitrogens with one attached hydrogen (secondary N) is 1. The van der Waals surface area contributed by atoms with Gasteiger partial charge in [-0.3, -0.25) is 4.79 Å². The summed E-state index contributed by atoms with van der Waals surface area (Å²) < 4.78 is 17.0. The second-order valence-corrected chi connectivity index (χ2v) is 7.02. The van der Waals surface area contributed by atoms with Crippen molar-refractivity contribution in [3.8, 4) is 17.6 Å². The van der Waals surface area contributed by atoms with Gasteiger partial charge in [0.25, 0.3) is 5.91 Å². The first-order valence-electron chi connectivity index (χ1n) is 9.63. The lowest BCUT2D eigenvalue weighted by molar-refractivity contribution is -0.117. The predicted molar refractivity (Wildman–Crippen MR) is 109 cm³/mol. The summed E-state index contributed by atoms with van der Waals surface area (Å²) in [6, 6.07) is 5.32.